The fourth-order valence-electron chi connectivity index (χ4n) is 4.42. The second-order valence-electron chi connectivity index (χ2n) is 9.01. The molecule has 1 unspecified atom stereocenters. The van der Waals surface area contributed by atoms with Crippen LogP contribution >= 0.6 is 0 Å². The zero-order valence-corrected chi connectivity index (χ0v) is 22.2. The lowest BCUT2D eigenvalue weighted by atomic mass is 10.0. The molecule has 222 valence electrons. The van der Waals surface area contributed by atoms with Gasteiger partial charge in [-0.05, 0) is 36.6 Å². The van der Waals surface area contributed by atoms with Crippen molar-refractivity contribution >= 4 is 18.0 Å². The van der Waals surface area contributed by atoms with Crippen LogP contribution < -0.4 is 11.1 Å². The van der Waals surface area contributed by atoms with E-state index >= 15 is 0 Å². The van der Waals surface area contributed by atoms with Crippen molar-refractivity contribution in [1.29, 1.82) is 0 Å². The van der Waals surface area contributed by atoms with E-state index in [2.05, 4.69) is 10.3 Å². The Morgan fingerprint density at radius 3 is 2.37 bits per heavy atom. The van der Waals surface area contributed by atoms with Gasteiger partial charge in [-0.2, -0.15) is 13.2 Å². The summed E-state index contributed by atoms with van der Waals surface area (Å²) in [6, 6.07) is 3.75. The predicted octanol–water partition coefficient (Wildman–Crippen LogP) is 5.41. The van der Waals surface area contributed by atoms with E-state index in [0.29, 0.717) is 6.07 Å². The summed E-state index contributed by atoms with van der Waals surface area (Å²) in [6.45, 7) is 3.43. The Kier molecular flexibility index (Phi) is 10.1. The lowest BCUT2D eigenvalue weighted by Gasteiger charge is -2.30. The molecule has 7 nitrogen and oxygen atoms in total. The highest BCUT2D eigenvalue weighted by Gasteiger charge is 2.41. The molecule has 0 radical (unpaired) electrons. The van der Waals surface area contributed by atoms with Gasteiger partial charge in [-0.3, -0.25) is 9.59 Å². The Bertz CT molecular complexity index is 1410. The fourth-order valence-corrected chi connectivity index (χ4v) is 4.42. The number of anilines is 1. The standard InChI is InChI=1S/C25H22F7N5O2.C2H6/c26-16-10-18(28)17(27)7-13(16)1-3-15(33)9-22(39)36-5-6-37-21(11-36)23(35-24(37)25(30,31)32)14-2-4-20(34-12-38)19(29)8-14;1-2/h2,4,7-8,10,12,15H,1,3,5-6,9,11,33H2,(H,34,38);1-2H3. The Morgan fingerprint density at radius 2 is 1.73 bits per heavy atom. The van der Waals surface area contributed by atoms with E-state index in [9.17, 15) is 40.3 Å². The third kappa shape index (κ3) is 7.23. The number of aryl methyl sites for hydroxylation is 1. The van der Waals surface area contributed by atoms with E-state index in [-0.39, 0.29) is 73.5 Å². The van der Waals surface area contributed by atoms with Crippen LogP contribution in [0, 0.1) is 23.3 Å². The van der Waals surface area contributed by atoms with Crippen molar-refractivity contribution in [2.24, 2.45) is 5.73 Å². The van der Waals surface area contributed by atoms with Crippen LogP contribution in [0.5, 0.6) is 0 Å². The van der Waals surface area contributed by atoms with Crippen molar-refractivity contribution in [1.82, 2.24) is 14.5 Å². The van der Waals surface area contributed by atoms with Gasteiger partial charge in [-0.25, -0.2) is 22.5 Å². The maximum Gasteiger partial charge on any atom is 0.449 e. The minimum Gasteiger partial charge on any atom is -0.335 e. The summed E-state index contributed by atoms with van der Waals surface area (Å²) in [4.78, 5) is 28.5. The number of carbonyl (C=O) groups is 2. The van der Waals surface area contributed by atoms with Gasteiger partial charge in [0, 0.05) is 37.2 Å². The number of benzene rings is 2. The fraction of sp³-hybridized carbons (Fsp3) is 0.370. The number of halogens is 7. The third-order valence-electron chi connectivity index (χ3n) is 6.38. The first-order valence-corrected chi connectivity index (χ1v) is 12.7. The molecule has 0 spiro atoms. The smallest absolute Gasteiger partial charge is 0.335 e. The van der Waals surface area contributed by atoms with Gasteiger partial charge in [0.05, 0.1) is 23.6 Å². The Balaban J connectivity index is 0.00000226. The van der Waals surface area contributed by atoms with E-state index in [1.807, 2.05) is 13.8 Å². The first kappa shape index (κ1) is 31.6. The van der Waals surface area contributed by atoms with Gasteiger partial charge in [0.2, 0.25) is 18.1 Å². The predicted molar refractivity (Wildman–Crippen MR) is 136 cm³/mol. The molecule has 3 aromatic rings. The molecule has 1 aliphatic heterocycles. The van der Waals surface area contributed by atoms with Crippen molar-refractivity contribution in [3.05, 3.63) is 70.7 Å². The van der Waals surface area contributed by atoms with Crippen LogP contribution in [0.15, 0.2) is 30.3 Å². The van der Waals surface area contributed by atoms with Gasteiger partial charge >= 0.3 is 6.18 Å². The van der Waals surface area contributed by atoms with E-state index in [1.165, 1.54) is 17.0 Å². The number of hydrogen-bond acceptors (Lipinski definition) is 4. The molecule has 41 heavy (non-hydrogen) atoms. The SMILES string of the molecule is CC.NC(CCc1cc(F)c(F)cc1F)CC(=O)N1CCn2c(C(F)(F)F)nc(-c3ccc(NC=O)c(F)c3)c2C1. The summed E-state index contributed by atoms with van der Waals surface area (Å²) in [6.07, 6.45) is -4.80. The van der Waals surface area contributed by atoms with Gasteiger partial charge < -0.3 is 20.5 Å². The highest BCUT2D eigenvalue weighted by molar-refractivity contribution is 5.78. The molecule has 3 N–H and O–H groups in total. The van der Waals surface area contributed by atoms with Crippen LogP contribution in [0.3, 0.4) is 0 Å². The van der Waals surface area contributed by atoms with E-state index in [0.717, 1.165) is 16.7 Å². The third-order valence-corrected chi connectivity index (χ3v) is 6.38. The largest absolute Gasteiger partial charge is 0.449 e. The quantitative estimate of drug-likeness (QED) is 0.209. The second kappa shape index (κ2) is 13.1. The molecule has 2 heterocycles. The summed E-state index contributed by atoms with van der Waals surface area (Å²) in [7, 11) is 0. The minimum absolute atomic E-state index is 0.0164. The van der Waals surface area contributed by atoms with Crippen LogP contribution in [0.4, 0.5) is 36.4 Å². The Morgan fingerprint density at radius 1 is 1.05 bits per heavy atom. The summed E-state index contributed by atoms with van der Waals surface area (Å²) < 4.78 is 96.8. The minimum atomic E-state index is -4.81. The zero-order valence-electron chi connectivity index (χ0n) is 22.2. The lowest BCUT2D eigenvalue weighted by molar-refractivity contribution is -0.148. The summed E-state index contributed by atoms with van der Waals surface area (Å²) in [5.41, 5.74) is 5.60. The maximum absolute atomic E-state index is 14.4. The van der Waals surface area contributed by atoms with E-state index in [4.69, 9.17) is 5.73 Å². The number of nitrogens with one attached hydrogen (secondary N) is 1. The number of hydrogen-bond donors (Lipinski definition) is 2. The van der Waals surface area contributed by atoms with Crippen molar-refractivity contribution in [3.8, 4) is 11.3 Å². The molecule has 1 atom stereocenters. The molecular formula is C27H28F7N5O2. The van der Waals surface area contributed by atoms with Gasteiger partial charge in [-0.15, -0.1) is 0 Å². The van der Waals surface area contributed by atoms with Crippen molar-refractivity contribution < 1.29 is 40.3 Å². The first-order valence-electron chi connectivity index (χ1n) is 12.7. The van der Waals surface area contributed by atoms with Crippen molar-refractivity contribution in [2.45, 2.75) is 58.4 Å². The molecule has 2 aromatic carbocycles. The highest BCUT2D eigenvalue weighted by Crippen LogP contribution is 2.36. The van der Waals surface area contributed by atoms with Gasteiger partial charge in [0.15, 0.2) is 11.6 Å². The topological polar surface area (TPSA) is 93.2 Å². The molecule has 0 saturated carbocycles. The number of fused-ring (bicyclic) bond motifs is 1. The lowest BCUT2D eigenvalue weighted by Crippen LogP contribution is -2.41. The number of nitrogens with two attached hydrogens (primary N) is 1. The van der Waals surface area contributed by atoms with Gasteiger partial charge in [-0.1, -0.05) is 19.9 Å². The number of carbonyl (C=O) groups excluding carboxylic acids is 2. The molecule has 0 bridgehead atoms. The van der Waals surface area contributed by atoms with Crippen molar-refractivity contribution in [3.63, 3.8) is 0 Å². The van der Waals surface area contributed by atoms with E-state index in [1.54, 1.807) is 0 Å². The molecule has 0 saturated heterocycles. The number of alkyl halides is 3. The van der Waals surface area contributed by atoms with E-state index < -0.39 is 47.2 Å². The second-order valence-corrected chi connectivity index (χ2v) is 9.01. The first-order chi connectivity index (χ1) is 19.4. The van der Waals surface area contributed by atoms with Gasteiger partial charge in [0.25, 0.3) is 0 Å². The molecule has 2 amide bonds. The molecule has 1 aliphatic rings. The van der Waals surface area contributed by atoms with Crippen LogP contribution in [0.2, 0.25) is 0 Å². The van der Waals surface area contributed by atoms with Gasteiger partial charge in [0.1, 0.15) is 11.6 Å². The Hall–Kier alpha value is -3.94. The Labute approximate surface area is 231 Å². The summed E-state index contributed by atoms with van der Waals surface area (Å²) in [5.74, 6) is -6.07. The maximum atomic E-state index is 14.4. The number of aromatic nitrogens is 2. The average molecular weight is 588 g/mol. The monoisotopic (exact) mass is 587 g/mol. The zero-order chi connectivity index (χ0) is 30.5. The van der Waals surface area contributed by atoms with Crippen LogP contribution in [0.25, 0.3) is 11.3 Å². The van der Waals surface area contributed by atoms with Crippen LogP contribution in [-0.2, 0) is 35.3 Å². The number of amides is 2. The number of nitrogens with zero attached hydrogens (tertiary/aromatic N) is 3. The van der Waals surface area contributed by atoms with Crippen LogP contribution in [0.1, 0.15) is 43.8 Å². The highest BCUT2D eigenvalue weighted by atomic mass is 19.4. The molecule has 14 heteroatoms. The van der Waals surface area contributed by atoms with Crippen molar-refractivity contribution in [2.75, 3.05) is 11.9 Å². The molecule has 1 aromatic heterocycles. The number of imidazole rings is 1. The summed E-state index contributed by atoms with van der Waals surface area (Å²) in [5, 5.41) is 2.13. The average Bonchev–Trinajstić information content (AvgIpc) is 3.32. The molecule has 0 fully saturated rings. The molecular weight excluding hydrogens is 559 g/mol. The van der Waals surface area contributed by atoms with Crippen LogP contribution in [-0.4, -0.2) is 39.4 Å². The molecule has 4 rings (SSSR count). The number of rotatable bonds is 8. The summed E-state index contributed by atoms with van der Waals surface area (Å²) >= 11 is 0. The molecule has 0 aliphatic carbocycles. The normalized spacial score (nSPS) is 13.7.